The van der Waals surface area contributed by atoms with Crippen molar-refractivity contribution in [2.75, 3.05) is 7.11 Å². The van der Waals surface area contributed by atoms with Gasteiger partial charge in [-0.05, 0) is 47.9 Å². The number of ether oxygens (including phenoxy) is 2. The number of hydrogen-bond donors (Lipinski definition) is 0. The summed E-state index contributed by atoms with van der Waals surface area (Å²) in [7, 11) is 1.65. The minimum atomic E-state index is 0.545. The lowest BCUT2D eigenvalue weighted by Crippen LogP contribution is -1.97. The Balaban J connectivity index is 1.91. The molecule has 2 aromatic rings. The van der Waals surface area contributed by atoms with Gasteiger partial charge in [0.05, 0.1) is 32.0 Å². The first kappa shape index (κ1) is 14.1. The number of nitrogens with zero attached hydrogens (tertiary/aromatic N) is 1. The minimum absolute atomic E-state index is 0.545. The van der Waals surface area contributed by atoms with Crippen molar-refractivity contribution in [3.63, 3.8) is 0 Å². The van der Waals surface area contributed by atoms with Crippen LogP contribution in [0.1, 0.15) is 22.3 Å². The second-order valence-electron chi connectivity index (χ2n) is 4.59. The number of benzene rings is 2. The van der Waals surface area contributed by atoms with Crippen molar-refractivity contribution in [2.45, 2.75) is 20.1 Å². The molecule has 0 saturated heterocycles. The molecule has 3 heteroatoms. The number of nitriles is 1. The zero-order valence-corrected chi connectivity index (χ0v) is 11.7. The summed E-state index contributed by atoms with van der Waals surface area (Å²) in [6.45, 7) is 3.10. The molecule has 20 heavy (non-hydrogen) atoms. The molecular formula is C17H17NO2. The molecule has 102 valence electrons. The van der Waals surface area contributed by atoms with E-state index < -0.39 is 0 Å². The number of aryl methyl sites for hydroxylation is 1. The van der Waals surface area contributed by atoms with Gasteiger partial charge < -0.3 is 9.47 Å². The molecule has 2 rings (SSSR count). The van der Waals surface area contributed by atoms with Crippen LogP contribution in [0.3, 0.4) is 0 Å². The summed E-state index contributed by atoms with van der Waals surface area (Å²) in [6, 6.07) is 15.6. The Morgan fingerprint density at radius 2 is 1.80 bits per heavy atom. The third-order valence-electron chi connectivity index (χ3n) is 3.16. The van der Waals surface area contributed by atoms with Crippen LogP contribution in [0.2, 0.25) is 0 Å². The van der Waals surface area contributed by atoms with Crippen LogP contribution in [0, 0.1) is 18.3 Å². The molecule has 0 unspecified atom stereocenters. The fraction of sp³-hybridized carbons (Fsp3) is 0.235. The number of hydrogen-bond acceptors (Lipinski definition) is 3. The van der Waals surface area contributed by atoms with Gasteiger partial charge in [0, 0.05) is 0 Å². The van der Waals surface area contributed by atoms with Crippen molar-refractivity contribution in [1.29, 1.82) is 5.26 Å². The van der Waals surface area contributed by atoms with E-state index >= 15 is 0 Å². The maximum atomic E-state index is 8.83. The van der Waals surface area contributed by atoms with E-state index in [2.05, 4.69) is 6.07 Å². The van der Waals surface area contributed by atoms with E-state index in [1.165, 1.54) is 0 Å². The highest BCUT2D eigenvalue weighted by atomic mass is 16.5. The maximum absolute atomic E-state index is 8.83. The smallest absolute Gasteiger partial charge is 0.118 e. The summed E-state index contributed by atoms with van der Waals surface area (Å²) in [5.41, 5.74) is 3.98. The monoisotopic (exact) mass is 267 g/mol. The summed E-state index contributed by atoms with van der Waals surface area (Å²) in [5, 5.41) is 8.83. The van der Waals surface area contributed by atoms with Crippen LogP contribution >= 0.6 is 0 Å². The van der Waals surface area contributed by atoms with Crippen molar-refractivity contribution in [3.8, 4) is 11.8 Å². The minimum Gasteiger partial charge on any atom is -0.497 e. The molecule has 0 amide bonds. The van der Waals surface area contributed by atoms with Gasteiger partial charge in [-0.25, -0.2) is 0 Å². The fourth-order valence-corrected chi connectivity index (χ4v) is 1.93. The van der Waals surface area contributed by atoms with Crippen molar-refractivity contribution in [2.24, 2.45) is 0 Å². The van der Waals surface area contributed by atoms with Crippen LogP contribution in [0.4, 0.5) is 0 Å². The van der Waals surface area contributed by atoms with Crippen LogP contribution in [0.25, 0.3) is 0 Å². The first-order valence-electron chi connectivity index (χ1n) is 6.43. The lowest BCUT2D eigenvalue weighted by molar-refractivity contribution is 0.107. The predicted molar refractivity (Wildman–Crippen MR) is 77.4 cm³/mol. The number of methoxy groups -OCH3 is 1. The van der Waals surface area contributed by atoms with Gasteiger partial charge in [-0.15, -0.1) is 0 Å². The van der Waals surface area contributed by atoms with Gasteiger partial charge >= 0.3 is 0 Å². The topological polar surface area (TPSA) is 42.2 Å². The van der Waals surface area contributed by atoms with Crippen LogP contribution in [-0.2, 0) is 18.0 Å². The molecule has 0 atom stereocenters. The fourth-order valence-electron chi connectivity index (χ4n) is 1.93. The Kier molecular flexibility index (Phi) is 4.75. The molecule has 0 N–H and O–H groups in total. The Hall–Kier alpha value is -2.31. The SMILES string of the molecule is COc1ccc(COCc2ccc(C#N)cc2C)cc1. The molecule has 0 aliphatic heterocycles. The Morgan fingerprint density at radius 1 is 1.05 bits per heavy atom. The Morgan fingerprint density at radius 3 is 2.40 bits per heavy atom. The molecule has 0 fully saturated rings. The van der Waals surface area contributed by atoms with Crippen LogP contribution in [0.5, 0.6) is 5.75 Å². The second-order valence-corrected chi connectivity index (χ2v) is 4.59. The summed E-state index contributed by atoms with van der Waals surface area (Å²) in [6.07, 6.45) is 0. The molecule has 0 radical (unpaired) electrons. The van der Waals surface area contributed by atoms with E-state index in [-0.39, 0.29) is 0 Å². The molecule has 3 nitrogen and oxygen atoms in total. The second kappa shape index (κ2) is 6.74. The molecular weight excluding hydrogens is 250 g/mol. The maximum Gasteiger partial charge on any atom is 0.118 e. The standard InChI is InChI=1S/C17H17NO2/c1-13-9-15(10-18)3-6-16(13)12-20-11-14-4-7-17(19-2)8-5-14/h3-9H,11-12H2,1-2H3. The summed E-state index contributed by atoms with van der Waals surface area (Å²) >= 11 is 0. The van der Waals surface area contributed by atoms with Gasteiger partial charge in [0.1, 0.15) is 5.75 Å². The average molecular weight is 267 g/mol. The average Bonchev–Trinajstić information content (AvgIpc) is 2.49. The van der Waals surface area contributed by atoms with E-state index in [4.69, 9.17) is 14.7 Å². The lowest BCUT2D eigenvalue weighted by atomic mass is 10.1. The highest BCUT2D eigenvalue weighted by Gasteiger charge is 2.01. The summed E-state index contributed by atoms with van der Waals surface area (Å²) in [5.74, 6) is 0.844. The molecule has 2 aromatic carbocycles. The van der Waals surface area contributed by atoms with Crippen molar-refractivity contribution in [3.05, 3.63) is 64.7 Å². The quantitative estimate of drug-likeness (QED) is 0.831. The molecule has 0 saturated carbocycles. The molecule has 0 aliphatic carbocycles. The largest absolute Gasteiger partial charge is 0.497 e. The van der Waals surface area contributed by atoms with Crippen LogP contribution < -0.4 is 4.74 Å². The lowest BCUT2D eigenvalue weighted by Gasteiger charge is -2.08. The number of rotatable bonds is 5. The summed E-state index contributed by atoms with van der Waals surface area (Å²) in [4.78, 5) is 0. The first-order chi connectivity index (χ1) is 9.72. The molecule has 0 spiro atoms. The van der Waals surface area contributed by atoms with Crippen LogP contribution in [0.15, 0.2) is 42.5 Å². The van der Waals surface area contributed by atoms with Crippen molar-refractivity contribution < 1.29 is 9.47 Å². The first-order valence-corrected chi connectivity index (χ1v) is 6.43. The molecule has 0 aliphatic rings. The van der Waals surface area contributed by atoms with E-state index in [0.717, 1.165) is 22.4 Å². The Labute approximate surface area is 119 Å². The van der Waals surface area contributed by atoms with Crippen molar-refractivity contribution >= 4 is 0 Å². The molecule has 0 bridgehead atoms. The van der Waals surface area contributed by atoms with E-state index in [1.54, 1.807) is 7.11 Å². The predicted octanol–water partition coefficient (Wildman–Crippen LogP) is 3.59. The molecule has 0 aromatic heterocycles. The van der Waals surface area contributed by atoms with Crippen molar-refractivity contribution in [1.82, 2.24) is 0 Å². The third-order valence-corrected chi connectivity index (χ3v) is 3.16. The normalized spacial score (nSPS) is 10.1. The zero-order chi connectivity index (χ0) is 14.4. The van der Waals surface area contributed by atoms with Gasteiger partial charge in [0.15, 0.2) is 0 Å². The van der Waals surface area contributed by atoms with Gasteiger partial charge in [-0.2, -0.15) is 5.26 Å². The highest BCUT2D eigenvalue weighted by Crippen LogP contribution is 2.15. The van der Waals surface area contributed by atoms with E-state index in [1.807, 2.05) is 49.4 Å². The third kappa shape index (κ3) is 3.59. The van der Waals surface area contributed by atoms with Gasteiger partial charge in [0.25, 0.3) is 0 Å². The Bertz CT molecular complexity index is 612. The van der Waals surface area contributed by atoms with E-state index in [0.29, 0.717) is 18.8 Å². The van der Waals surface area contributed by atoms with Crippen LogP contribution in [-0.4, -0.2) is 7.11 Å². The van der Waals surface area contributed by atoms with Gasteiger partial charge in [-0.1, -0.05) is 18.2 Å². The van der Waals surface area contributed by atoms with Gasteiger partial charge in [0.2, 0.25) is 0 Å². The molecule has 0 heterocycles. The zero-order valence-electron chi connectivity index (χ0n) is 11.7. The summed E-state index contributed by atoms with van der Waals surface area (Å²) < 4.78 is 10.8. The van der Waals surface area contributed by atoms with Gasteiger partial charge in [-0.3, -0.25) is 0 Å². The van der Waals surface area contributed by atoms with E-state index in [9.17, 15) is 0 Å². The highest BCUT2D eigenvalue weighted by molar-refractivity contribution is 5.37.